The Morgan fingerprint density at radius 2 is 2.19 bits per heavy atom. The van der Waals surface area contributed by atoms with Crippen LogP contribution in [0.1, 0.15) is 53.9 Å². The summed E-state index contributed by atoms with van der Waals surface area (Å²) >= 11 is 1.46. The Morgan fingerprint density at radius 3 is 2.81 bits per heavy atom. The number of ether oxygens (including phenoxy) is 1. The number of hydrogen-bond acceptors (Lipinski definition) is 4. The predicted molar refractivity (Wildman–Crippen MR) is 83.9 cm³/mol. The highest BCUT2D eigenvalue weighted by molar-refractivity contribution is 7.17. The van der Waals surface area contributed by atoms with Crippen LogP contribution in [0.15, 0.2) is 0 Å². The smallest absolute Gasteiger partial charge is 0.412 e. The molecule has 0 bridgehead atoms. The van der Waals surface area contributed by atoms with Crippen LogP contribution in [0.2, 0.25) is 0 Å². The van der Waals surface area contributed by atoms with Crippen molar-refractivity contribution >= 4 is 28.3 Å². The Labute approximate surface area is 128 Å². The van der Waals surface area contributed by atoms with Gasteiger partial charge in [-0.1, -0.05) is 19.8 Å². The minimum absolute atomic E-state index is 0.293. The molecule has 1 heterocycles. The zero-order chi connectivity index (χ0) is 15.4. The lowest BCUT2D eigenvalue weighted by molar-refractivity contribution is 0.1000. The van der Waals surface area contributed by atoms with Crippen LogP contribution in [0.3, 0.4) is 0 Å². The molecule has 5 nitrogen and oxygen atoms in total. The first kappa shape index (κ1) is 15.8. The second-order valence-corrected chi connectivity index (χ2v) is 6.42. The van der Waals surface area contributed by atoms with Gasteiger partial charge in [-0.05, 0) is 37.7 Å². The van der Waals surface area contributed by atoms with Crippen LogP contribution in [0.4, 0.5) is 9.80 Å². The summed E-state index contributed by atoms with van der Waals surface area (Å²) in [5.41, 5.74) is 6.99. The molecule has 3 N–H and O–H groups in total. The zero-order valence-electron chi connectivity index (χ0n) is 12.5. The van der Waals surface area contributed by atoms with Crippen molar-refractivity contribution in [2.45, 2.75) is 46.0 Å². The number of nitrogens with two attached hydrogens (primary N) is 1. The third-order valence-corrected chi connectivity index (χ3v) is 4.97. The summed E-state index contributed by atoms with van der Waals surface area (Å²) in [4.78, 5) is 24.5. The van der Waals surface area contributed by atoms with E-state index in [1.807, 2.05) is 0 Å². The molecule has 0 saturated heterocycles. The normalized spacial score (nSPS) is 17.1. The van der Waals surface area contributed by atoms with E-state index in [0.717, 1.165) is 24.8 Å². The van der Waals surface area contributed by atoms with Crippen molar-refractivity contribution in [1.82, 2.24) is 0 Å². The number of fused-ring (bicyclic) bond motifs is 1. The molecule has 21 heavy (non-hydrogen) atoms. The number of carbonyl (C=O) groups excluding carboxylic acids is 2. The van der Waals surface area contributed by atoms with Crippen LogP contribution in [-0.4, -0.2) is 18.6 Å². The minimum Gasteiger partial charge on any atom is -0.450 e. The Kier molecular flexibility index (Phi) is 5.22. The van der Waals surface area contributed by atoms with Gasteiger partial charge < -0.3 is 10.5 Å². The summed E-state index contributed by atoms with van der Waals surface area (Å²) in [6.45, 7) is 4.22. The molecule has 1 aromatic heterocycles. The molecule has 0 aliphatic heterocycles. The molecule has 0 radical (unpaired) electrons. The number of thiophene rings is 1. The number of anilines is 1. The van der Waals surface area contributed by atoms with Crippen LogP contribution in [0.5, 0.6) is 0 Å². The van der Waals surface area contributed by atoms with Crippen molar-refractivity contribution in [2.24, 2.45) is 11.7 Å². The maximum atomic E-state index is 11.7. The van der Waals surface area contributed by atoms with Crippen molar-refractivity contribution in [3.63, 3.8) is 0 Å². The number of primary amides is 1. The van der Waals surface area contributed by atoms with Gasteiger partial charge >= 0.3 is 6.09 Å². The van der Waals surface area contributed by atoms with Crippen LogP contribution in [-0.2, 0) is 17.6 Å². The summed E-state index contributed by atoms with van der Waals surface area (Å²) in [5.74, 6) is 0.186. The fourth-order valence-corrected chi connectivity index (χ4v) is 4.27. The maximum Gasteiger partial charge on any atom is 0.412 e. The summed E-state index contributed by atoms with van der Waals surface area (Å²) in [6, 6.07) is 0. The third-order valence-electron chi connectivity index (χ3n) is 3.80. The van der Waals surface area contributed by atoms with Gasteiger partial charge in [-0.15, -0.1) is 11.3 Å². The Balaban J connectivity index is 2.26. The van der Waals surface area contributed by atoms with E-state index in [4.69, 9.17) is 10.5 Å². The second kappa shape index (κ2) is 6.93. The van der Waals surface area contributed by atoms with Gasteiger partial charge in [0.05, 0.1) is 12.2 Å². The fourth-order valence-electron chi connectivity index (χ4n) is 2.92. The predicted octanol–water partition coefficient (Wildman–Crippen LogP) is 3.32. The molecule has 0 spiro atoms. The first-order chi connectivity index (χ1) is 10.1. The van der Waals surface area contributed by atoms with Gasteiger partial charge in [-0.25, -0.2) is 4.79 Å². The summed E-state index contributed by atoms with van der Waals surface area (Å²) in [5, 5.41) is 3.18. The molecule has 1 aliphatic carbocycles. The molecule has 0 unspecified atom stereocenters. The largest absolute Gasteiger partial charge is 0.450 e. The Morgan fingerprint density at radius 1 is 1.43 bits per heavy atom. The van der Waals surface area contributed by atoms with Crippen molar-refractivity contribution in [1.29, 1.82) is 0 Å². The van der Waals surface area contributed by atoms with Gasteiger partial charge in [0.1, 0.15) is 5.00 Å². The molecule has 0 fully saturated rings. The molecule has 2 rings (SSSR count). The quantitative estimate of drug-likeness (QED) is 0.875. The summed E-state index contributed by atoms with van der Waals surface area (Å²) < 4.78 is 4.88. The van der Waals surface area contributed by atoms with Crippen LogP contribution in [0.25, 0.3) is 0 Å². The SMILES string of the molecule is CCC[C@H]1CCc2c(sc(NC(=O)OCC)c2C(N)=O)C1. The number of hydrogen-bond donors (Lipinski definition) is 2. The average molecular weight is 310 g/mol. The average Bonchev–Trinajstić information content (AvgIpc) is 2.76. The van der Waals surface area contributed by atoms with Gasteiger partial charge in [0, 0.05) is 4.88 Å². The van der Waals surface area contributed by atoms with E-state index in [1.54, 1.807) is 6.92 Å². The maximum absolute atomic E-state index is 11.7. The van der Waals surface area contributed by atoms with Gasteiger partial charge in [0.25, 0.3) is 5.91 Å². The molecule has 1 aliphatic rings. The monoisotopic (exact) mass is 310 g/mol. The molecule has 1 aromatic rings. The van der Waals surface area contributed by atoms with Crippen LogP contribution >= 0.6 is 11.3 Å². The summed E-state index contributed by atoms with van der Waals surface area (Å²) in [7, 11) is 0. The molecule has 116 valence electrons. The van der Waals surface area contributed by atoms with E-state index < -0.39 is 12.0 Å². The van der Waals surface area contributed by atoms with Gasteiger partial charge in [0.15, 0.2) is 0 Å². The topological polar surface area (TPSA) is 81.4 Å². The summed E-state index contributed by atoms with van der Waals surface area (Å²) in [6.07, 6.45) is 4.74. The first-order valence-electron chi connectivity index (χ1n) is 7.44. The van der Waals surface area contributed by atoms with Crippen molar-refractivity contribution in [2.75, 3.05) is 11.9 Å². The Hall–Kier alpha value is -1.56. The minimum atomic E-state index is -0.538. The lowest BCUT2D eigenvalue weighted by atomic mass is 9.84. The molecular weight excluding hydrogens is 288 g/mol. The van der Waals surface area contributed by atoms with Crippen LogP contribution in [0, 0.1) is 5.92 Å². The van der Waals surface area contributed by atoms with Crippen molar-refractivity contribution in [3.05, 3.63) is 16.0 Å². The van der Waals surface area contributed by atoms with Gasteiger partial charge in [-0.2, -0.15) is 0 Å². The fraction of sp³-hybridized carbons (Fsp3) is 0.600. The second-order valence-electron chi connectivity index (χ2n) is 5.32. The lowest BCUT2D eigenvalue weighted by Gasteiger charge is -2.21. The molecule has 0 aromatic carbocycles. The highest BCUT2D eigenvalue weighted by atomic mass is 32.1. The molecule has 0 saturated carbocycles. The first-order valence-corrected chi connectivity index (χ1v) is 8.26. The van der Waals surface area contributed by atoms with E-state index in [-0.39, 0.29) is 0 Å². The van der Waals surface area contributed by atoms with E-state index >= 15 is 0 Å². The van der Waals surface area contributed by atoms with Crippen molar-refractivity contribution in [3.8, 4) is 0 Å². The zero-order valence-corrected chi connectivity index (χ0v) is 13.3. The van der Waals surface area contributed by atoms with E-state index in [2.05, 4.69) is 12.2 Å². The van der Waals surface area contributed by atoms with E-state index in [1.165, 1.54) is 29.1 Å². The highest BCUT2D eigenvalue weighted by Gasteiger charge is 2.28. The Bertz CT molecular complexity index is 539. The highest BCUT2D eigenvalue weighted by Crippen LogP contribution is 2.40. The number of nitrogens with one attached hydrogen (secondary N) is 1. The molecule has 1 atom stereocenters. The van der Waals surface area contributed by atoms with E-state index in [9.17, 15) is 9.59 Å². The number of carbonyl (C=O) groups is 2. The molecule has 2 amide bonds. The standard InChI is InChI=1S/C15H22N2O3S/c1-3-5-9-6-7-10-11(8-9)21-14(12(10)13(16)18)17-15(19)20-4-2/h9H,3-8H2,1-2H3,(H2,16,18)(H,17,19)/t9-/m0/s1. The van der Waals surface area contributed by atoms with Crippen molar-refractivity contribution < 1.29 is 14.3 Å². The lowest BCUT2D eigenvalue weighted by Crippen LogP contribution is -2.20. The third kappa shape index (κ3) is 3.56. The van der Waals surface area contributed by atoms with E-state index in [0.29, 0.717) is 23.1 Å². The van der Waals surface area contributed by atoms with Gasteiger partial charge in [-0.3, -0.25) is 10.1 Å². The molecular formula is C15H22N2O3S. The van der Waals surface area contributed by atoms with Crippen LogP contribution < -0.4 is 11.1 Å². The van der Waals surface area contributed by atoms with Gasteiger partial charge in [0.2, 0.25) is 0 Å². The number of amides is 2. The number of rotatable bonds is 5. The molecule has 6 heteroatoms.